The van der Waals surface area contributed by atoms with Crippen LogP contribution in [0.2, 0.25) is 0 Å². The van der Waals surface area contributed by atoms with Crippen molar-refractivity contribution in [2.24, 2.45) is 0 Å². The van der Waals surface area contributed by atoms with Crippen LogP contribution in [0.3, 0.4) is 0 Å². The lowest BCUT2D eigenvalue weighted by atomic mass is 10.2. The van der Waals surface area contributed by atoms with Gasteiger partial charge in [-0.15, -0.1) is 0 Å². The number of nitrogens with one attached hydrogen (secondary N) is 2. The van der Waals surface area contributed by atoms with E-state index in [2.05, 4.69) is 10.6 Å². The van der Waals surface area contributed by atoms with Crippen molar-refractivity contribution in [1.82, 2.24) is 5.32 Å². The molecule has 3 nitrogen and oxygen atoms in total. The number of rotatable bonds is 3. The zero-order valence-electron chi connectivity index (χ0n) is 11.2. The first-order valence-corrected chi connectivity index (χ1v) is 6.32. The first-order valence-electron chi connectivity index (χ1n) is 6.32. The Morgan fingerprint density at radius 3 is 2.23 bits per heavy atom. The van der Waals surface area contributed by atoms with Crippen LogP contribution in [-0.2, 0) is 12.7 Å². The van der Waals surface area contributed by atoms with Gasteiger partial charge in [0, 0.05) is 17.8 Å². The molecule has 0 saturated heterocycles. The molecule has 0 atom stereocenters. The summed E-state index contributed by atoms with van der Waals surface area (Å²) < 4.78 is 50.5. The van der Waals surface area contributed by atoms with E-state index in [0.29, 0.717) is 5.56 Å². The van der Waals surface area contributed by atoms with Gasteiger partial charge < -0.3 is 10.6 Å². The van der Waals surface area contributed by atoms with Crippen LogP contribution in [0.4, 0.5) is 28.0 Å². The monoisotopic (exact) mass is 312 g/mol. The summed E-state index contributed by atoms with van der Waals surface area (Å²) in [7, 11) is 0. The number of carbonyl (C=O) groups is 1. The Morgan fingerprint density at radius 1 is 1.00 bits per heavy atom. The lowest BCUT2D eigenvalue weighted by Gasteiger charge is -2.10. The third-order valence-electron chi connectivity index (χ3n) is 2.87. The molecule has 2 rings (SSSR count). The number of urea groups is 1. The van der Waals surface area contributed by atoms with Gasteiger partial charge in [0.25, 0.3) is 0 Å². The number of benzene rings is 2. The van der Waals surface area contributed by atoms with Crippen molar-refractivity contribution in [2.45, 2.75) is 12.7 Å². The van der Waals surface area contributed by atoms with Gasteiger partial charge >= 0.3 is 12.2 Å². The molecule has 0 bridgehead atoms. The molecule has 2 aromatic rings. The van der Waals surface area contributed by atoms with Crippen molar-refractivity contribution in [3.8, 4) is 0 Å². The zero-order valence-corrected chi connectivity index (χ0v) is 11.2. The number of halogens is 4. The minimum absolute atomic E-state index is 0.0286. The molecule has 2 aromatic carbocycles. The largest absolute Gasteiger partial charge is 0.416 e. The zero-order chi connectivity index (χ0) is 16.2. The number of amides is 2. The van der Waals surface area contributed by atoms with Crippen LogP contribution < -0.4 is 10.6 Å². The average molecular weight is 312 g/mol. The van der Waals surface area contributed by atoms with Crippen LogP contribution in [0.15, 0.2) is 48.5 Å². The van der Waals surface area contributed by atoms with E-state index in [9.17, 15) is 22.4 Å². The van der Waals surface area contributed by atoms with E-state index in [4.69, 9.17) is 0 Å². The molecule has 22 heavy (non-hydrogen) atoms. The van der Waals surface area contributed by atoms with Crippen LogP contribution in [0.1, 0.15) is 11.1 Å². The van der Waals surface area contributed by atoms with E-state index in [0.717, 1.165) is 24.3 Å². The summed E-state index contributed by atoms with van der Waals surface area (Å²) in [6.45, 7) is -0.0286. The van der Waals surface area contributed by atoms with Crippen LogP contribution in [0.25, 0.3) is 0 Å². The summed E-state index contributed by atoms with van der Waals surface area (Å²) in [6.07, 6.45) is -4.42. The SMILES string of the molecule is O=C(NCc1ccccc1F)Nc1ccc(C(F)(F)F)cc1. The highest BCUT2D eigenvalue weighted by atomic mass is 19.4. The second-order valence-electron chi connectivity index (χ2n) is 4.47. The Labute approximate surface area is 124 Å². The second kappa shape index (κ2) is 6.46. The molecule has 2 N–H and O–H groups in total. The highest BCUT2D eigenvalue weighted by Gasteiger charge is 2.29. The maximum atomic E-state index is 13.3. The van der Waals surface area contributed by atoms with Crippen molar-refractivity contribution in [3.05, 3.63) is 65.5 Å². The van der Waals surface area contributed by atoms with Crippen molar-refractivity contribution < 1.29 is 22.4 Å². The fourth-order valence-corrected chi connectivity index (χ4v) is 1.74. The summed E-state index contributed by atoms with van der Waals surface area (Å²) in [5.41, 5.74) is -0.283. The van der Waals surface area contributed by atoms with Crippen molar-refractivity contribution in [1.29, 1.82) is 0 Å². The minimum Gasteiger partial charge on any atom is -0.334 e. The molecule has 0 spiro atoms. The fourth-order valence-electron chi connectivity index (χ4n) is 1.74. The molecule has 2 amide bonds. The Kier molecular flexibility index (Phi) is 4.65. The Morgan fingerprint density at radius 2 is 1.64 bits per heavy atom. The van der Waals surface area contributed by atoms with E-state index >= 15 is 0 Å². The molecule has 0 heterocycles. The van der Waals surface area contributed by atoms with E-state index in [1.165, 1.54) is 18.2 Å². The Bertz CT molecular complexity index is 653. The highest BCUT2D eigenvalue weighted by molar-refractivity contribution is 5.89. The molecule has 0 fully saturated rings. The molecular weight excluding hydrogens is 300 g/mol. The number of hydrogen-bond acceptors (Lipinski definition) is 1. The summed E-state index contributed by atoms with van der Waals surface area (Å²) in [4.78, 5) is 11.6. The molecule has 0 unspecified atom stereocenters. The van der Waals surface area contributed by atoms with Gasteiger partial charge in [-0.25, -0.2) is 9.18 Å². The molecule has 0 aliphatic rings. The van der Waals surface area contributed by atoms with Gasteiger partial charge in [-0.05, 0) is 30.3 Å². The van der Waals surface area contributed by atoms with E-state index in [-0.39, 0.29) is 12.2 Å². The second-order valence-corrected chi connectivity index (χ2v) is 4.47. The third-order valence-corrected chi connectivity index (χ3v) is 2.87. The molecule has 7 heteroatoms. The number of carbonyl (C=O) groups excluding carboxylic acids is 1. The standard InChI is InChI=1S/C15H12F4N2O/c16-13-4-2-1-3-10(13)9-20-14(22)21-12-7-5-11(6-8-12)15(17,18)19/h1-8H,9H2,(H2,20,21,22). The maximum absolute atomic E-state index is 13.3. The number of alkyl halides is 3. The molecule has 0 aliphatic heterocycles. The van der Waals surface area contributed by atoms with Gasteiger partial charge in [0.05, 0.1) is 5.56 Å². The molecular formula is C15H12F4N2O. The van der Waals surface area contributed by atoms with Crippen molar-refractivity contribution in [2.75, 3.05) is 5.32 Å². The summed E-state index contributed by atoms with van der Waals surface area (Å²) in [5, 5.41) is 4.79. The molecule has 0 aromatic heterocycles. The Balaban J connectivity index is 1.91. The van der Waals surface area contributed by atoms with Gasteiger partial charge in [-0.1, -0.05) is 18.2 Å². The van der Waals surface area contributed by atoms with E-state index < -0.39 is 23.6 Å². The smallest absolute Gasteiger partial charge is 0.334 e. The normalized spacial score (nSPS) is 11.1. The summed E-state index contributed by atoms with van der Waals surface area (Å²) >= 11 is 0. The van der Waals surface area contributed by atoms with Gasteiger partial charge in [-0.3, -0.25) is 0 Å². The van der Waals surface area contributed by atoms with Gasteiger partial charge in [0.15, 0.2) is 0 Å². The predicted molar refractivity (Wildman–Crippen MR) is 73.7 cm³/mol. The lowest BCUT2D eigenvalue weighted by Crippen LogP contribution is -2.28. The summed E-state index contributed by atoms with van der Waals surface area (Å²) in [6, 6.07) is 9.34. The van der Waals surface area contributed by atoms with Crippen LogP contribution >= 0.6 is 0 Å². The maximum Gasteiger partial charge on any atom is 0.416 e. The lowest BCUT2D eigenvalue weighted by molar-refractivity contribution is -0.137. The minimum atomic E-state index is -4.42. The fraction of sp³-hybridized carbons (Fsp3) is 0.133. The molecule has 0 radical (unpaired) electrons. The number of hydrogen-bond donors (Lipinski definition) is 2. The van der Waals surface area contributed by atoms with E-state index in [1.54, 1.807) is 6.07 Å². The van der Waals surface area contributed by atoms with Gasteiger partial charge in [-0.2, -0.15) is 13.2 Å². The van der Waals surface area contributed by atoms with Crippen LogP contribution in [0.5, 0.6) is 0 Å². The Hall–Kier alpha value is -2.57. The molecule has 0 aliphatic carbocycles. The highest BCUT2D eigenvalue weighted by Crippen LogP contribution is 2.29. The average Bonchev–Trinajstić information content (AvgIpc) is 2.46. The van der Waals surface area contributed by atoms with Crippen LogP contribution in [0, 0.1) is 5.82 Å². The number of anilines is 1. The topological polar surface area (TPSA) is 41.1 Å². The summed E-state index contributed by atoms with van der Waals surface area (Å²) in [5.74, 6) is -0.447. The quantitative estimate of drug-likeness (QED) is 0.821. The van der Waals surface area contributed by atoms with Gasteiger partial charge in [0.2, 0.25) is 0 Å². The van der Waals surface area contributed by atoms with Crippen LogP contribution in [-0.4, -0.2) is 6.03 Å². The first kappa shape index (κ1) is 15.8. The van der Waals surface area contributed by atoms with Crippen molar-refractivity contribution in [3.63, 3.8) is 0 Å². The third kappa shape index (κ3) is 4.21. The van der Waals surface area contributed by atoms with Gasteiger partial charge in [0.1, 0.15) is 5.82 Å². The van der Waals surface area contributed by atoms with E-state index in [1.807, 2.05) is 0 Å². The first-order chi connectivity index (χ1) is 10.4. The predicted octanol–water partition coefficient (Wildman–Crippen LogP) is 4.17. The van der Waals surface area contributed by atoms with Crippen molar-refractivity contribution >= 4 is 11.7 Å². The molecule has 0 saturated carbocycles. The molecule has 116 valence electrons.